The molecule has 0 aliphatic carbocycles. The molecule has 3 aliphatic rings. The van der Waals surface area contributed by atoms with Crippen LogP contribution in [0.2, 0.25) is 0 Å². The lowest BCUT2D eigenvalue weighted by molar-refractivity contribution is -0.123. The van der Waals surface area contributed by atoms with Crippen LogP contribution < -0.4 is 10.5 Å². The lowest BCUT2D eigenvalue weighted by Gasteiger charge is -2.32. The molecular formula is C24H28N4O3S2. The van der Waals surface area contributed by atoms with Crippen LogP contribution in [0.3, 0.4) is 0 Å². The fourth-order valence-corrected chi connectivity index (χ4v) is 5.93. The second-order valence-electron chi connectivity index (χ2n) is 9.14. The fourth-order valence-electron chi connectivity index (χ4n) is 4.67. The van der Waals surface area contributed by atoms with E-state index in [2.05, 4.69) is 11.8 Å². The number of hydrogen-bond donors (Lipinski definition) is 0. The van der Waals surface area contributed by atoms with Crippen LogP contribution in [0.25, 0.3) is 11.7 Å². The quantitative estimate of drug-likeness (QED) is 0.485. The Morgan fingerprint density at radius 2 is 2.06 bits per heavy atom. The molecule has 0 N–H and O–H groups in total. The Morgan fingerprint density at radius 1 is 1.27 bits per heavy atom. The number of hydrogen-bond acceptors (Lipinski definition) is 7. The maximum absolute atomic E-state index is 13.6. The Morgan fingerprint density at radius 3 is 2.79 bits per heavy atom. The van der Waals surface area contributed by atoms with Crippen molar-refractivity contribution in [3.8, 4) is 0 Å². The van der Waals surface area contributed by atoms with Crippen LogP contribution in [0, 0.1) is 12.8 Å². The molecule has 33 heavy (non-hydrogen) atoms. The van der Waals surface area contributed by atoms with E-state index in [4.69, 9.17) is 21.9 Å². The predicted molar refractivity (Wildman–Crippen MR) is 136 cm³/mol. The Kier molecular flexibility index (Phi) is 6.28. The summed E-state index contributed by atoms with van der Waals surface area (Å²) in [5, 5.41) is 0. The van der Waals surface area contributed by atoms with Gasteiger partial charge in [0, 0.05) is 25.9 Å². The van der Waals surface area contributed by atoms with Crippen molar-refractivity contribution in [2.45, 2.75) is 45.6 Å². The standard InChI is InChI=1S/C24H28N4O3S2/c1-15-7-10-26(11-8-15)21-18(22(29)27-9-3-5-16(2)20(27)25-21)13-19-23(30)28(24(32)33-19)14-17-6-4-12-31-17/h3,5,9,13,15,17H,4,6-8,10-12,14H2,1-2H3. The molecule has 0 radical (unpaired) electrons. The second kappa shape index (κ2) is 9.19. The molecule has 5 heterocycles. The zero-order chi connectivity index (χ0) is 23.1. The molecule has 0 saturated carbocycles. The molecule has 7 nitrogen and oxygen atoms in total. The van der Waals surface area contributed by atoms with E-state index >= 15 is 0 Å². The van der Waals surface area contributed by atoms with E-state index in [1.165, 1.54) is 11.8 Å². The molecule has 1 atom stereocenters. The average molecular weight is 485 g/mol. The van der Waals surface area contributed by atoms with Crippen LogP contribution in [-0.4, -0.2) is 56.9 Å². The number of fused-ring (bicyclic) bond motifs is 1. The topological polar surface area (TPSA) is 67.2 Å². The number of aryl methyl sites for hydroxylation is 1. The minimum absolute atomic E-state index is 0.0219. The van der Waals surface area contributed by atoms with Gasteiger partial charge in [0.25, 0.3) is 11.5 Å². The van der Waals surface area contributed by atoms with Gasteiger partial charge >= 0.3 is 0 Å². The molecule has 1 unspecified atom stereocenters. The number of amides is 1. The predicted octanol–water partition coefficient (Wildman–Crippen LogP) is 3.62. The molecule has 3 aliphatic heterocycles. The van der Waals surface area contributed by atoms with Crippen LogP contribution in [0.1, 0.15) is 43.7 Å². The monoisotopic (exact) mass is 484 g/mol. The Hall–Kier alpha value is -2.23. The zero-order valence-electron chi connectivity index (χ0n) is 19.0. The van der Waals surface area contributed by atoms with E-state index in [0.29, 0.717) is 38.7 Å². The third-order valence-electron chi connectivity index (χ3n) is 6.71. The van der Waals surface area contributed by atoms with Crippen molar-refractivity contribution >= 4 is 51.7 Å². The van der Waals surface area contributed by atoms with E-state index in [1.807, 2.05) is 19.1 Å². The van der Waals surface area contributed by atoms with Crippen LogP contribution in [0.15, 0.2) is 28.0 Å². The normalized spacial score (nSPS) is 23.5. The molecule has 2 aromatic heterocycles. The first-order valence-electron chi connectivity index (χ1n) is 11.6. The molecule has 1 amide bonds. The summed E-state index contributed by atoms with van der Waals surface area (Å²) in [6.07, 6.45) is 7.50. The van der Waals surface area contributed by atoms with E-state index in [9.17, 15) is 9.59 Å². The molecule has 9 heteroatoms. The zero-order valence-corrected chi connectivity index (χ0v) is 20.6. The number of thioether (sulfide) groups is 1. The van der Waals surface area contributed by atoms with Gasteiger partial charge in [-0.3, -0.25) is 18.9 Å². The minimum atomic E-state index is -0.165. The van der Waals surface area contributed by atoms with Gasteiger partial charge < -0.3 is 9.64 Å². The molecule has 3 fully saturated rings. The maximum atomic E-state index is 13.6. The third kappa shape index (κ3) is 4.34. The third-order valence-corrected chi connectivity index (χ3v) is 8.08. The number of rotatable bonds is 4. The van der Waals surface area contributed by atoms with Gasteiger partial charge in [-0.1, -0.05) is 37.0 Å². The summed E-state index contributed by atoms with van der Waals surface area (Å²) in [5.74, 6) is 1.15. The van der Waals surface area contributed by atoms with E-state index in [1.54, 1.807) is 21.6 Å². The summed E-state index contributed by atoms with van der Waals surface area (Å²) < 4.78 is 7.79. The lowest BCUT2D eigenvalue weighted by Crippen LogP contribution is -2.36. The van der Waals surface area contributed by atoms with Crippen molar-refractivity contribution < 1.29 is 9.53 Å². The van der Waals surface area contributed by atoms with Crippen molar-refractivity contribution in [2.24, 2.45) is 5.92 Å². The summed E-state index contributed by atoms with van der Waals surface area (Å²) in [4.78, 5) is 36.0. The molecule has 5 rings (SSSR count). The molecule has 0 aromatic carbocycles. The van der Waals surface area contributed by atoms with Gasteiger partial charge in [-0.2, -0.15) is 0 Å². The summed E-state index contributed by atoms with van der Waals surface area (Å²) in [6, 6.07) is 3.80. The molecule has 3 saturated heterocycles. The van der Waals surface area contributed by atoms with E-state index < -0.39 is 0 Å². The minimum Gasteiger partial charge on any atom is -0.376 e. The second-order valence-corrected chi connectivity index (χ2v) is 10.8. The first-order chi connectivity index (χ1) is 15.9. The number of carbonyl (C=O) groups excluding carboxylic acids is 1. The Labute approximate surface area is 202 Å². The van der Waals surface area contributed by atoms with Crippen molar-refractivity contribution in [1.29, 1.82) is 0 Å². The maximum Gasteiger partial charge on any atom is 0.267 e. The fraction of sp³-hybridized carbons (Fsp3) is 0.500. The summed E-state index contributed by atoms with van der Waals surface area (Å²) in [6.45, 7) is 7.09. The highest BCUT2D eigenvalue weighted by Gasteiger charge is 2.35. The summed E-state index contributed by atoms with van der Waals surface area (Å²) >= 11 is 6.76. The van der Waals surface area contributed by atoms with Crippen molar-refractivity contribution in [2.75, 3.05) is 31.1 Å². The number of anilines is 1. The molecule has 0 spiro atoms. The number of carbonyl (C=O) groups is 1. The summed E-state index contributed by atoms with van der Waals surface area (Å²) in [7, 11) is 0. The van der Waals surface area contributed by atoms with Crippen molar-refractivity contribution in [3.63, 3.8) is 0 Å². The number of piperidine rings is 1. The highest BCUT2D eigenvalue weighted by atomic mass is 32.2. The largest absolute Gasteiger partial charge is 0.376 e. The van der Waals surface area contributed by atoms with Gasteiger partial charge in [-0.25, -0.2) is 4.98 Å². The van der Waals surface area contributed by atoms with Crippen LogP contribution >= 0.6 is 24.0 Å². The first-order valence-corrected chi connectivity index (χ1v) is 12.8. The van der Waals surface area contributed by atoms with Gasteiger partial charge in [-0.15, -0.1) is 0 Å². The molecular weight excluding hydrogens is 456 g/mol. The number of ether oxygens (including phenoxy) is 1. The van der Waals surface area contributed by atoms with Gasteiger partial charge in [0.05, 0.1) is 23.1 Å². The van der Waals surface area contributed by atoms with Crippen LogP contribution in [-0.2, 0) is 9.53 Å². The van der Waals surface area contributed by atoms with Gasteiger partial charge in [0.15, 0.2) is 0 Å². The molecule has 0 bridgehead atoms. The van der Waals surface area contributed by atoms with E-state index in [0.717, 1.165) is 50.9 Å². The Bertz CT molecular complexity index is 1190. The SMILES string of the molecule is Cc1cccn2c(=O)c(C=C3SC(=S)N(CC4CCCO4)C3=O)c(N3CCC(C)CC3)nc12. The highest BCUT2D eigenvalue weighted by Crippen LogP contribution is 2.35. The lowest BCUT2D eigenvalue weighted by atomic mass is 9.99. The Balaban J connectivity index is 1.56. The van der Waals surface area contributed by atoms with Crippen LogP contribution in [0.4, 0.5) is 5.82 Å². The average Bonchev–Trinajstić information content (AvgIpc) is 3.41. The smallest absolute Gasteiger partial charge is 0.267 e. The number of aromatic nitrogens is 2. The molecule has 174 valence electrons. The van der Waals surface area contributed by atoms with Crippen molar-refractivity contribution in [3.05, 3.63) is 44.7 Å². The van der Waals surface area contributed by atoms with Gasteiger partial charge in [0.1, 0.15) is 15.8 Å². The molecule has 2 aromatic rings. The number of nitrogens with zero attached hydrogens (tertiary/aromatic N) is 4. The van der Waals surface area contributed by atoms with Crippen LogP contribution in [0.5, 0.6) is 0 Å². The highest BCUT2D eigenvalue weighted by molar-refractivity contribution is 8.26. The van der Waals surface area contributed by atoms with E-state index in [-0.39, 0.29) is 17.6 Å². The summed E-state index contributed by atoms with van der Waals surface area (Å²) in [5.41, 5.74) is 1.88. The number of pyridine rings is 1. The first kappa shape index (κ1) is 22.6. The van der Waals surface area contributed by atoms with Gasteiger partial charge in [0.2, 0.25) is 0 Å². The van der Waals surface area contributed by atoms with Crippen molar-refractivity contribution in [1.82, 2.24) is 14.3 Å². The number of thiocarbonyl (C=S) groups is 1. The van der Waals surface area contributed by atoms with Gasteiger partial charge in [-0.05, 0) is 56.2 Å².